The van der Waals surface area contributed by atoms with E-state index < -0.39 is 11.6 Å². The van der Waals surface area contributed by atoms with E-state index in [1.54, 1.807) is 24.3 Å². The highest BCUT2D eigenvalue weighted by Gasteiger charge is 2.15. The van der Waals surface area contributed by atoms with Gasteiger partial charge in [0.1, 0.15) is 24.0 Å². The average molecular weight is 364 g/mol. The van der Waals surface area contributed by atoms with E-state index in [9.17, 15) is 8.78 Å². The van der Waals surface area contributed by atoms with Gasteiger partial charge in [-0.15, -0.1) is 0 Å². The summed E-state index contributed by atoms with van der Waals surface area (Å²) in [6.07, 6.45) is 0. The van der Waals surface area contributed by atoms with Crippen LogP contribution in [0.25, 0.3) is 22.8 Å². The Morgan fingerprint density at radius 1 is 0.889 bits per heavy atom. The molecule has 0 spiro atoms. The molecule has 0 fully saturated rings. The van der Waals surface area contributed by atoms with Gasteiger partial charge in [0, 0.05) is 11.6 Å². The topological polar surface area (TPSA) is 48.2 Å². The molecule has 0 aliphatic heterocycles. The van der Waals surface area contributed by atoms with Crippen LogP contribution in [0.1, 0.15) is 5.56 Å². The molecular weight excluding hydrogens is 350 g/mol. The van der Waals surface area contributed by atoms with E-state index in [2.05, 4.69) is 10.1 Å². The molecule has 0 saturated carbocycles. The molecular formula is C21H14F2N2O2. The van der Waals surface area contributed by atoms with Crippen molar-refractivity contribution in [3.8, 4) is 28.6 Å². The molecule has 4 rings (SSSR count). The SMILES string of the molecule is Fc1ccc(-c2nc(-c3ccc(OCc4ccccc4)cc3)no2)c(F)c1. The van der Waals surface area contributed by atoms with E-state index in [1.807, 2.05) is 30.3 Å². The molecule has 1 heterocycles. The Labute approximate surface area is 154 Å². The van der Waals surface area contributed by atoms with Gasteiger partial charge in [0.05, 0.1) is 5.56 Å². The zero-order valence-corrected chi connectivity index (χ0v) is 14.1. The highest BCUT2D eigenvalue weighted by atomic mass is 19.1. The molecule has 134 valence electrons. The van der Waals surface area contributed by atoms with Gasteiger partial charge in [-0.25, -0.2) is 8.78 Å². The van der Waals surface area contributed by atoms with Crippen LogP contribution in [0.3, 0.4) is 0 Å². The van der Waals surface area contributed by atoms with Crippen LogP contribution < -0.4 is 4.74 Å². The first-order chi connectivity index (χ1) is 13.2. The molecule has 0 atom stereocenters. The van der Waals surface area contributed by atoms with Crippen LogP contribution in [0.4, 0.5) is 8.78 Å². The first-order valence-electron chi connectivity index (χ1n) is 8.25. The Bertz CT molecular complexity index is 1050. The number of aromatic nitrogens is 2. The molecule has 1 aromatic heterocycles. The number of halogens is 2. The van der Waals surface area contributed by atoms with Crippen molar-refractivity contribution in [3.63, 3.8) is 0 Å². The van der Waals surface area contributed by atoms with Crippen LogP contribution in [-0.2, 0) is 6.61 Å². The van der Waals surface area contributed by atoms with Crippen molar-refractivity contribution in [2.75, 3.05) is 0 Å². The molecule has 0 aliphatic carbocycles. The van der Waals surface area contributed by atoms with E-state index in [0.29, 0.717) is 23.7 Å². The standard InChI is InChI=1S/C21H14F2N2O2/c22-16-8-11-18(19(23)12-16)21-24-20(25-27-21)15-6-9-17(10-7-15)26-13-14-4-2-1-3-5-14/h1-12H,13H2. The van der Waals surface area contributed by atoms with Gasteiger partial charge in [0.25, 0.3) is 5.89 Å². The van der Waals surface area contributed by atoms with Gasteiger partial charge in [-0.1, -0.05) is 35.5 Å². The second-order valence-electron chi connectivity index (χ2n) is 5.85. The molecule has 0 bridgehead atoms. The Morgan fingerprint density at radius 3 is 2.41 bits per heavy atom. The van der Waals surface area contributed by atoms with Crippen molar-refractivity contribution in [2.24, 2.45) is 0 Å². The van der Waals surface area contributed by atoms with Gasteiger partial charge < -0.3 is 9.26 Å². The fourth-order valence-corrected chi connectivity index (χ4v) is 2.55. The fraction of sp³-hybridized carbons (Fsp3) is 0.0476. The van der Waals surface area contributed by atoms with E-state index in [1.165, 1.54) is 6.07 Å². The molecule has 0 radical (unpaired) electrons. The van der Waals surface area contributed by atoms with Gasteiger partial charge in [0.2, 0.25) is 5.82 Å². The third kappa shape index (κ3) is 3.84. The van der Waals surface area contributed by atoms with E-state index >= 15 is 0 Å². The lowest BCUT2D eigenvalue weighted by Crippen LogP contribution is -1.94. The molecule has 4 nitrogen and oxygen atoms in total. The third-order valence-electron chi connectivity index (χ3n) is 3.95. The molecule has 3 aromatic carbocycles. The van der Waals surface area contributed by atoms with Crippen LogP contribution in [0.5, 0.6) is 5.75 Å². The Kier molecular flexibility index (Phi) is 4.61. The van der Waals surface area contributed by atoms with E-state index in [0.717, 1.165) is 17.7 Å². The van der Waals surface area contributed by atoms with E-state index in [4.69, 9.17) is 9.26 Å². The van der Waals surface area contributed by atoms with Crippen molar-refractivity contribution >= 4 is 0 Å². The molecule has 27 heavy (non-hydrogen) atoms. The first kappa shape index (κ1) is 16.9. The Hall–Kier alpha value is -3.54. The summed E-state index contributed by atoms with van der Waals surface area (Å²) in [5, 5.41) is 3.86. The Balaban J connectivity index is 1.48. The van der Waals surface area contributed by atoms with Crippen LogP contribution >= 0.6 is 0 Å². The number of nitrogens with zero attached hydrogens (tertiary/aromatic N) is 2. The van der Waals surface area contributed by atoms with Crippen LogP contribution in [0.15, 0.2) is 77.3 Å². The van der Waals surface area contributed by atoms with Crippen molar-refractivity contribution in [1.29, 1.82) is 0 Å². The summed E-state index contributed by atoms with van der Waals surface area (Å²) >= 11 is 0. The second kappa shape index (κ2) is 7.37. The predicted molar refractivity (Wildman–Crippen MR) is 95.9 cm³/mol. The van der Waals surface area contributed by atoms with Crippen LogP contribution in [0.2, 0.25) is 0 Å². The van der Waals surface area contributed by atoms with Crippen molar-refractivity contribution in [2.45, 2.75) is 6.61 Å². The predicted octanol–water partition coefficient (Wildman–Crippen LogP) is 5.26. The normalized spacial score (nSPS) is 10.7. The lowest BCUT2D eigenvalue weighted by molar-refractivity contribution is 0.306. The van der Waals surface area contributed by atoms with Gasteiger partial charge in [-0.2, -0.15) is 4.98 Å². The molecule has 0 N–H and O–H groups in total. The zero-order valence-electron chi connectivity index (χ0n) is 14.1. The maximum atomic E-state index is 13.8. The largest absolute Gasteiger partial charge is 0.489 e. The summed E-state index contributed by atoms with van der Waals surface area (Å²) in [6, 6.07) is 20.2. The maximum absolute atomic E-state index is 13.8. The van der Waals surface area contributed by atoms with E-state index in [-0.39, 0.29) is 11.5 Å². The molecule has 0 aliphatic rings. The maximum Gasteiger partial charge on any atom is 0.261 e. The molecule has 6 heteroatoms. The molecule has 0 unspecified atom stereocenters. The summed E-state index contributed by atoms with van der Waals surface area (Å²) in [6.45, 7) is 0.469. The van der Waals surface area contributed by atoms with Crippen molar-refractivity contribution < 1.29 is 18.0 Å². The average Bonchev–Trinajstić information content (AvgIpc) is 3.17. The third-order valence-corrected chi connectivity index (χ3v) is 3.95. The van der Waals surface area contributed by atoms with Crippen LogP contribution in [-0.4, -0.2) is 10.1 Å². The van der Waals surface area contributed by atoms with Crippen LogP contribution in [0, 0.1) is 11.6 Å². The fourth-order valence-electron chi connectivity index (χ4n) is 2.55. The lowest BCUT2D eigenvalue weighted by Gasteiger charge is -2.06. The van der Waals surface area contributed by atoms with Crippen molar-refractivity contribution in [1.82, 2.24) is 10.1 Å². The quantitative estimate of drug-likeness (QED) is 0.485. The number of ether oxygens (including phenoxy) is 1. The number of hydrogen-bond donors (Lipinski definition) is 0. The molecule has 4 aromatic rings. The second-order valence-corrected chi connectivity index (χ2v) is 5.85. The molecule has 0 amide bonds. The molecule has 0 saturated heterocycles. The van der Waals surface area contributed by atoms with Gasteiger partial charge >= 0.3 is 0 Å². The number of benzene rings is 3. The number of rotatable bonds is 5. The number of hydrogen-bond acceptors (Lipinski definition) is 4. The van der Waals surface area contributed by atoms with Gasteiger partial charge in [-0.05, 0) is 42.0 Å². The smallest absolute Gasteiger partial charge is 0.261 e. The minimum atomic E-state index is -0.755. The lowest BCUT2D eigenvalue weighted by atomic mass is 10.2. The summed E-state index contributed by atoms with van der Waals surface area (Å²) in [5.74, 6) is -0.414. The minimum Gasteiger partial charge on any atom is -0.489 e. The van der Waals surface area contributed by atoms with Gasteiger partial charge in [0.15, 0.2) is 0 Å². The highest BCUT2D eigenvalue weighted by molar-refractivity contribution is 5.60. The summed E-state index contributed by atoms with van der Waals surface area (Å²) in [7, 11) is 0. The Morgan fingerprint density at radius 2 is 1.67 bits per heavy atom. The highest BCUT2D eigenvalue weighted by Crippen LogP contribution is 2.26. The van der Waals surface area contributed by atoms with Crippen molar-refractivity contribution in [3.05, 3.63) is 90.0 Å². The minimum absolute atomic E-state index is 0.00750. The monoisotopic (exact) mass is 364 g/mol. The zero-order chi connectivity index (χ0) is 18.6. The van der Waals surface area contributed by atoms with Gasteiger partial charge in [-0.3, -0.25) is 0 Å². The summed E-state index contributed by atoms with van der Waals surface area (Å²) < 4.78 is 37.7. The summed E-state index contributed by atoms with van der Waals surface area (Å²) in [4.78, 5) is 4.18. The summed E-state index contributed by atoms with van der Waals surface area (Å²) in [5.41, 5.74) is 1.82. The first-order valence-corrected chi connectivity index (χ1v) is 8.25.